The van der Waals surface area contributed by atoms with Gasteiger partial charge in [0.1, 0.15) is 11.3 Å². The number of allylic oxidation sites excluding steroid dienone is 2. The maximum Gasteiger partial charge on any atom is 0.216 e. The molecule has 6 rings (SSSR count). The van der Waals surface area contributed by atoms with Crippen LogP contribution in [-0.2, 0) is 24.9 Å². The quantitative estimate of drug-likeness (QED) is 0.116. The summed E-state index contributed by atoms with van der Waals surface area (Å²) in [6.45, 7) is 6.85. The first-order valence-electron chi connectivity index (χ1n) is 11.9. The second-order valence-corrected chi connectivity index (χ2v) is 8.86. The Morgan fingerprint density at radius 2 is 1.68 bits per heavy atom. The summed E-state index contributed by atoms with van der Waals surface area (Å²) in [6, 6.07) is 25.3. The Kier molecular flexibility index (Phi) is 7.91. The summed E-state index contributed by atoms with van der Waals surface area (Å²) >= 11 is 0. The van der Waals surface area contributed by atoms with Crippen molar-refractivity contribution in [1.82, 2.24) is 9.97 Å². The van der Waals surface area contributed by atoms with Gasteiger partial charge < -0.3 is 13.9 Å². The third-order valence-electron chi connectivity index (χ3n) is 5.91. The Bertz CT molecular complexity index is 1800. The summed E-state index contributed by atoms with van der Waals surface area (Å²) in [7, 11) is 0. The van der Waals surface area contributed by atoms with Crippen LogP contribution in [0.25, 0.3) is 55.7 Å². The molecule has 0 aliphatic rings. The summed E-state index contributed by atoms with van der Waals surface area (Å²) in [6.07, 6.45) is 1.17. The zero-order valence-electron chi connectivity index (χ0n) is 21.3. The maximum absolute atomic E-state index is 10.0. The van der Waals surface area contributed by atoms with E-state index in [1.807, 2.05) is 74.5 Å². The monoisotopic (exact) mass is 682 g/mol. The van der Waals surface area contributed by atoms with Crippen molar-refractivity contribution >= 4 is 39.0 Å². The molecule has 6 nitrogen and oxygen atoms in total. The fraction of sp³-hybridized carbons (Fsp3) is 0.129. The predicted octanol–water partition coefficient (Wildman–Crippen LogP) is 7.91. The fourth-order valence-corrected chi connectivity index (χ4v) is 4.29. The first-order chi connectivity index (χ1) is 17.8. The van der Waals surface area contributed by atoms with Crippen molar-refractivity contribution in [2.45, 2.75) is 27.7 Å². The number of aromatic nitrogens is 2. The van der Waals surface area contributed by atoms with Crippen LogP contribution in [0.2, 0.25) is 0 Å². The van der Waals surface area contributed by atoms with Gasteiger partial charge in [-0.3, -0.25) is 9.78 Å². The fourth-order valence-electron chi connectivity index (χ4n) is 4.29. The van der Waals surface area contributed by atoms with Gasteiger partial charge in [-0.05, 0) is 51.6 Å². The van der Waals surface area contributed by atoms with Crippen molar-refractivity contribution in [3.05, 3.63) is 95.9 Å². The molecule has 6 aromatic rings. The van der Waals surface area contributed by atoms with Gasteiger partial charge >= 0.3 is 0 Å². The molecule has 0 saturated heterocycles. The Labute approximate surface area is 233 Å². The van der Waals surface area contributed by atoms with Crippen LogP contribution < -0.4 is 0 Å². The number of benzene rings is 2. The van der Waals surface area contributed by atoms with Crippen molar-refractivity contribution in [2.75, 3.05) is 0 Å². The number of pyridine rings is 2. The number of aryl methyl sites for hydroxylation is 2. The number of furan rings is 2. The van der Waals surface area contributed by atoms with Crippen molar-refractivity contribution in [3.63, 3.8) is 0 Å². The Hall–Kier alpha value is -4.06. The molecular weight excluding hydrogens is 657 g/mol. The molecule has 0 atom stereocenters. The summed E-state index contributed by atoms with van der Waals surface area (Å²) in [5.41, 5.74) is 7.62. The van der Waals surface area contributed by atoms with Crippen LogP contribution in [0.1, 0.15) is 25.1 Å². The normalized spacial score (nSPS) is 11.3. The second kappa shape index (κ2) is 11.1. The summed E-state index contributed by atoms with van der Waals surface area (Å²) in [4.78, 5) is 19.5. The Balaban J connectivity index is 0.000000375. The molecule has 4 heterocycles. The van der Waals surface area contributed by atoms with Gasteiger partial charge in [-0.1, -0.05) is 47.3 Å². The van der Waals surface area contributed by atoms with Crippen molar-refractivity contribution in [2.24, 2.45) is 0 Å². The first-order valence-corrected chi connectivity index (χ1v) is 11.9. The van der Waals surface area contributed by atoms with Gasteiger partial charge in [0.25, 0.3) is 0 Å². The summed E-state index contributed by atoms with van der Waals surface area (Å²) in [5, 5.41) is 10.4. The number of nitrogens with zero attached hydrogens (tertiary/aromatic N) is 2. The van der Waals surface area contributed by atoms with Crippen molar-refractivity contribution in [3.8, 4) is 22.6 Å². The number of rotatable bonds is 3. The van der Waals surface area contributed by atoms with E-state index in [0.29, 0.717) is 5.71 Å². The molecule has 1 radical (unpaired) electrons. The van der Waals surface area contributed by atoms with Gasteiger partial charge in [-0.2, -0.15) is 0 Å². The van der Waals surface area contributed by atoms with E-state index in [1.54, 1.807) is 0 Å². The standard InChI is InChI=1S/C26H17N2O2.C5H8O2.Ir/c1-15-11-12-19-18-9-6-10-20(25(18)30-26(19)27-15)21-13-14-22-23(28-21)16(2)24(29-22)17-7-4-3-5-8-17;1-4(6)3-5(2)7;/h3-9,11-14H,1-2H3;3,6H,1-2H3;/q-1;;/b;4-3-;. The van der Waals surface area contributed by atoms with Crippen molar-refractivity contribution in [1.29, 1.82) is 0 Å². The van der Waals surface area contributed by atoms with Gasteiger partial charge in [0.2, 0.25) is 5.71 Å². The molecule has 0 fully saturated rings. The van der Waals surface area contributed by atoms with Crippen LogP contribution in [0.4, 0.5) is 0 Å². The SMILES string of the molecule is CC(=O)/C=C(/C)O.Cc1ccc2c(n1)oc1c(-c3ccc4oc(-c5ccccc5)c(C)c4n3)[c-]ccc12.[Ir]. The van der Waals surface area contributed by atoms with Crippen LogP contribution in [0, 0.1) is 19.9 Å². The molecule has 0 aliphatic carbocycles. The minimum atomic E-state index is -0.125. The van der Waals surface area contributed by atoms with Gasteiger partial charge in [0.15, 0.2) is 11.4 Å². The molecule has 1 N–H and O–H groups in total. The van der Waals surface area contributed by atoms with Gasteiger partial charge in [0, 0.05) is 48.4 Å². The Morgan fingerprint density at radius 1 is 0.921 bits per heavy atom. The topological polar surface area (TPSA) is 89.4 Å². The number of ketones is 1. The van der Waals surface area contributed by atoms with Gasteiger partial charge in [0.05, 0.1) is 11.3 Å². The van der Waals surface area contributed by atoms with Crippen LogP contribution >= 0.6 is 0 Å². The zero-order chi connectivity index (χ0) is 26.1. The van der Waals surface area contributed by atoms with E-state index in [-0.39, 0.29) is 31.6 Å². The maximum atomic E-state index is 10.0. The number of hydrogen-bond donors (Lipinski definition) is 1. The average molecular weight is 682 g/mol. The predicted molar refractivity (Wildman–Crippen MR) is 145 cm³/mol. The molecule has 0 unspecified atom stereocenters. The van der Waals surface area contributed by atoms with Crippen LogP contribution in [0.3, 0.4) is 0 Å². The molecule has 0 spiro atoms. The molecule has 7 heteroatoms. The Morgan fingerprint density at radius 3 is 2.37 bits per heavy atom. The first kappa shape index (κ1) is 27.0. The van der Waals surface area contributed by atoms with E-state index in [4.69, 9.17) is 18.9 Å². The largest absolute Gasteiger partial charge is 0.512 e. The molecule has 0 amide bonds. The van der Waals surface area contributed by atoms with E-state index in [9.17, 15) is 4.79 Å². The number of aliphatic hydroxyl groups excluding tert-OH is 1. The number of aliphatic hydroxyl groups is 1. The van der Waals surface area contributed by atoms with E-state index in [0.717, 1.165) is 61.3 Å². The van der Waals surface area contributed by atoms with Gasteiger partial charge in [-0.25, -0.2) is 4.98 Å². The van der Waals surface area contributed by atoms with Crippen LogP contribution in [-0.4, -0.2) is 20.9 Å². The number of carbonyl (C=O) groups excluding carboxylic acids is 1. The molecule has 0 aliphatic heterocycles. The van der Waals surface area contributed by atoms with Crippen molar-refractivity contribution < 1.29 is 38.8 Å². The second-order valence-electron chi connectivity index (χ2n) is 8.86. The third-order valence-corrected chi connectivity index (χ3v) is 5.91. The molecule has 2 aromatic carbocycles. The van der Waals surface area contributed by atoms with Crippen LogP contribution in [0.15, 0.2) is 87.4 Å². The zero-order valence-corrected chi connectivity index (χ0v) is 23.7. The molecule has 38 heavy (non-hydrogen) atoms. The smallest absolute Gasteiger partial charge is 0.216 e. The van der Waals surface area contributed by atoms with E-state index in [2.05, 4.69) is 17.1 Å². The van der Waals surface area contributed by atoms with E-state index >= 15 is 0 Å². The molecule has 0 bridgehead atoms. The summed E-state index contributed by atoms with van der Waals surface area (Å²) < 4.78 is 12.2. The minimum absolute atomic E-state index is 0. The molecular formula is C31H25IrN2O4-. The average Bonchev–Trinajstić information content (AvgIpc) is 3.40. The van der Waals surface area contributed by atoms with E-state index < -0.39 is 0 Å². The van der Waals surface area contributed by atoms with E-state index in [1.165, 1.54) is 19.9 Å². The van der Waals surface area contributed by atoms with Gasteiger partial charge in [-0.15, -0.1) is 18.2 Å². The third kappa shape index (κ3) is 5.30. The molecule has 193 valence electrons. The number of fused-ring (bicyclic) bond motifs is 4. The molecule has 4 aromatic heterocycles. The number of carbonyl (C=O) groups is 1. The summed E-state index contributed by atoms with van der Waals surface area (Å²) in [5.74, 6) is 0.786. The molecule has 0 saturated carbocycles. The van der Waals surface area contributed by atoms with Crippen LogP contribution in [0.5, 0.6) is 0 Å². The number of hydrogen-bond acceptors (Lipinski definition) is 6. The minimum Gasteiger partial charge on any atom is -0.512 e.